The molecule has 15 heteroatoms. The zero-order valence-electron chi connectivity index (χ0n) is 27.7. The molecule has 0 amide bonds. The molecule has 13 nitrogen and oxygen atoms in total. The van der Waals surface area contributed by atoms with E-state index in [-0.39, 0.29) is 5.48 Å². The lowest BCUT2D eigenvalue weighted by Gasteiger charge is -2.16. The average Bonchev–Trinajstić information content (AvgIpc) is 3.86. The summed E-state index contributed by atoms with van der Waals surface area (Å²) in [4.78, 5) is 42.7. The molecule has 0 saturated carbocycles. The number of phenolic OH excluding ortho intramolecular Hbond substituents is 1. The molecular weight excluding hydrogens is 748 g/mol. The summed E-state index contributed by atoms with van der Waals surface area (Å²) in [6, 6.07) is 21.1. The predicted molar refractivity (Wildman–Crippen MR) is 196 cm³/mol. The van der Waals surface area contributed by atoms with Crippen molar-refractivity contribution in [2.24, 2.45) is 0 Å². The molecule has 0 radical (unpaired) electrons. The molecule has 0 bridgehead atoms. The van der Waals surface area contributed by atoms with Crippen LogP contribution in [0.2, 0.25) is 0 Å². The zero-order valence-corrected chi connectivity index (χ0v) is 30.1. The van der Waals surface area contributed by atoms with E-state index < -0.39 is 23.9 Å². The summed E-state index contributed by atoms with van der Waals surface area (Å²) >= 11 is 5.61. The maximum atomic E-state index is 10.1. The van der Waals surface area contributed by atoms with E-state index in [0.29, 0.717) is 5.75 Å². The van der Waals surface area contributed by atoms with Gasteiger partial charge < -0.3 is 35.7 Å². The van der Waals surface area contributed by atoms with Gasteiger partial charge in [-0.15, -0.1) is 11.3 Å². The lowest BCUT2D eigenvalue weighted by atomic mass is 9.98. The second-order valence-electron chi connectivity index (χ2n) is 11.8. The van der Waals surface area contributed by atoms with Gasteiger partial charge in [0.25, 0.3) is 0 Å². The maximum absolute atomic E-state index is 10.1. The quantitative estimate of drug-likeness (QED) is 0.139. The van der Waals surface area contributed by atoms with Gasteiger partial charge in [-0.05, 0) is 134 Å². The van der Waals surface area contributed by atoms with Crippen molar-refractivity contribution in [3.63, 3.8) is 0 Å². The second-order valence-corrected chi connectivity index (χ2v) is 13.7. The molecule has 7 N–H and O–H groups in total. The van der Waals surface area contributed by atoms with Crippen LogP contribution in [0.15, 0.2) is 65.1 Å². The molecule has 2 aliphatic rings. The Morgan fingerprint density at radius 2 is 1.31 bits per heavy atom. The number of carboxylic acid groups (broad SMARTS) is 4. The molecular formula is C36H41BrN2O11S. The average molecular weight is 790 g/mol. The summed E-state index contributed by atoms with van der Waals surface area (Å²) in [6.07, 6.45) is 6.08. The molecule has 0 atom stereocenters. The van der Waals surface area contributed by atoms with Crippen LogP contribution in [0, 0.1) is 0 Å². The van der Waals surface area contributed by atoms with Crippen LogP contribution < -0.4 is 4.74 Å². The zero-order chi connectivity index (χ0) is 36.2. The van der Waals surface area contributed by atoms with Crippen molar-refractivity contribution >= 4 is 61.2 Å². The van der Waals surface area contributed by atoms with E-state index >= 15 is 0 Å². The number of likely N-dealkylation sites (tertiary alicyclic amines) is 2. The molecule has 2 fully saturated rings. The first-order chi connectivity index (χ1) is 23.9. The van der Waals surface area contributed by atoms with Gasteiger partial charge in [-0.25, -0.2) is 19.2 Å². The number of thiophene rings is 1. The molecule has 2 saturated heterocycles. The summed E-state index contributed by atoms with van der Waals surface area (Å²) in [7, 11) is 0. The van der Waals surface area contributed by atoms with E-state index in [4.69, 9.17) is 44.3 Å². The topological polar surface area (TPSA) is 217 Å². The smallest absolute Gasteiger partial charge is 0.414 e. The van der Waals surface area contributed by atoms with E-state index in [1.54, 1.807) is 17.4 Å². The first kappa shape index (κ1) is 40.9. The Hall–Kier alpha value is -4.54. The Kier molecular flexibility index (Phi) is 15.8. The molecule has 274 valence electrons. The summed E-state index contributed by atoms with van der Waals surface area (Å²) in [5.41, 5.74) is 5.15. The van der Waals surface area contributed by atoms with Crippen molar-refractivity contribution in [3.05, 3.63) is 81.8 Å². The first-order valence-corrected chi connectivity index (χ1v) is 17.6. The number of rotatable bonds is 9. The monoisotopic (exact) mass is 788 g/mol. The largest absolute Gasteiger partial charge is 0.508 e. The number of carboxylic acids is 4. The first-order valence-electron chi connectivity index (χ1n) is 16.0. The molecule has 0 unspecified atom stereocenters. The Labute approximate surface area is 306 Å². The van der Waals surface area contributed by atoms with Crippen molar-refractivity contribution in [3.8, 4) is 21.9 Å². The fourth-order valence-electron chi connectivity index (χ4n) is 5.76. The van der Waals surface area contributed by atoms with E-state index in [1.807, 2.05) is 6.07 Å². The number of carbonyl (C=O) groups is 4. The van der Waals surface area contributed by atoms with Crippen LogP contribution in [0.5, 0.6) is 11.5 Å². The number of nitrogens with zero attached hydrogens (tertiary/aromatic N) is 2. The van der Waals surface area contributed by atoms with Crippen molar-refractivity contribution < 1.29 is 54.9 Å². The van der Waals surface area contributed by atoms with Crippen molar-refractivity contribution in [1.29, 1.82) is 0 Å². The lowest BCUT2D eigenvalue weighted by molar-refractivity contribution is -0.159. The van der Waals surface area contributed by atoms with Gasteiger partial charge in [0.15, 0.2) is 0 Å². The Bertz CT molecular complexity index is 1750. The Morgan fingerprint density at radius 1 is 0.745 bits per heavy atom. The standard InChI is InChI=1S/C32H35BrN2O2S.2C2H2O4.H2O/c33-30-20-23(5-6-25(30)22-35-15-3-4-16-35)19-29-28-12-9-26(36)21-31(28)38-32(29)24-7-10-27(11-8-24)37-18-17-34-13-1-2-14-34;2*3-1(4)2(5)6;/h5-12,20-21,36H,1-4,13-19,22H2;2*(H,3,4)(H,5,6);1H2. The number of hydrogen-bond donors (Lipinski definition) is 5. The van der Waals surface area contributed by atoms with Gasteiger partial charge in [-0.1, -0.05) is 28.1 Å². The molecule has 3 heterocycles. The van der Waals surface area contributed by atoms with Gasteiger partial charge >= 0.3 is 23.9 Å². The maximum Gasteiger partial charge on any atom is 0.414 e. The summed E-state index contributed by atoms with van der Waals surface area (Å²) in [5, 5.41) is 40.9. The summed E-state index contributed by atoms with van der Waals surface area (Å²) in [5.74, 6) is -6.06. The van der Waals surface area contributed by atoms with Gasteiger partial charge in [0.05, 0.1) is 0 Å². The number of aromatic hydroxyl groups is 1. The summed E-state index contributed by atoms with van der Waals surface area (Å²) in [6.45, 7) is 7.54. The van der Waals surface area contributed by atoms with E-state index in [1.165, 1.54) is 88.9 Å². The van der Waals surface area contributed by atoms with Crippen LogP contribution in [0.3, 0.4) is 0 Å². The van der Waals surface area contributed by atoms with Gasteiger partial charge in [0.2, 0.25) is 0 Å². The van der Waals surface area contributed by atoms with Crippen molar-refractivity contribution in [1.82, 2.24) is 9.80 Å². The van der Waals surface area contributed by atoms with Gasteiger partial charge in [-0.2, -0.15) is 0 Å². The van der Waals surface area contributed by atoms with Crippen LogP contribution >= 0.6 is 27.3 Å². The van der Waals surface area contributed by atoms with Gasteiger partial charge in [0.1, 0.15) is 18.1 Å². The van der Waals surface area contributed by atoms with E-state index in [9.17, 15) is 5.11 Å². The number of ether oxygens (including phenoxy) is 1. The minimum Gasteiger partial charge on any atom is -0.508 e. The second kappa shape index (κ2) is 19.7. The molecule has 2 aliphatic heterocycles. The van der Waals surface area contributed by atoms with Crippen LogP contribution in [0.25, 0.3) is 20.5 Å². The molecule has 4 aromatic rings. The predicted octanol–water partition coefficient (Wildman–Crippen LogP) is 5.18. The fraction of sp³-hybridized carbons (Fsp3) is 0.333. The SMILES string of the molecule is O.O=C(O)C(=O)O.O=C(O)C(=O)O.Oc1ccc2c(Cc3ccc(CN4CCCC4)c(Br)c3)c(-c3ccc(OCCN4CCCC4)cc3)sc2c1. The number of fused-ring (bicyclic) bond motifs is 1. The number of phenols is 1. The molecule has 1 aromatic heterocycles. The van der Waals surface area contributed by atoms with E-state index in [2.05, 4.69) is 74.3 Å². The van der Waals surface area contributed by atoms with Crippen LogP contribution in [0.4, 0.5) is 0 Å². The highest BCUT2D eigenvalue weighted by molar-refractivity contribution is 9.10. The van der Waals surface area contributed by atoms with Crippen molar-refractivity contribution in [2.45, 2.75) is 38.6 Å². The normalized spacial score (nSPS) is 14.1. The van der Waals surface area contributed by atoms with Gasteiger partial charge in [-0.3, -0.25) is 9.80 Å². The highest BCUT2D eigenvalue weighted by Gasteiger charge is 2.18. The third-order valence-corrected chi connectivity index (χ3v) is 10.2. The molecule has 0 aliphatic carbocycles. The molecule has 3 aromatic carbocycles. The minimum atomic E-state index is -1.82. The van der Waals surface area contributed by atoms with Crippen LogP contribution in [-0.4, -0.2) is 104 Å². The summed E-state index contributed by atoms with van der Waals surface area (Å²) < 4.78 is 8.36. The van der Waals surface area contributed by atoms with Crippen molar-refractivity contribution in [2.75, 3.05) is 39.3 Å². The molecule has 51 heavy (non-hydrogen) atoms. The number of halogens is 1. The Morgan fingerprint density at radius 3 is 1.86 bits per heavy atom. The third-order valence-electron chi connectivity index (χ3n) is 8.22. The number of hydrogen-bond acceptors (Lipinski definition) is 9. The fourth-order valence-corrected chi connectivity index (χ4v) is 7.58. The molecule has 6 rings (SSSR count). The van der Waals surface area contributed by atoms with Crippen LogP contribution in [-0.2, 0) is 32.1 Å². The minimum absolute atomic E-state index is 0. The molecule has 0 spiro atoms. The van der Waals surface area contributed by atoms with Crippen LogP contribution in [0.1, 0.15) is 42.4 Å². The Balaban J connectivity index is 0.000000468. The lowest BCUT2D eigenvalue weighted by Crippen LogP contribution is -2.25. The van der Waals surface area contributed by atoms with E-state index in [0.717, 1.165) is 36.6 Å². The third kappa shape index (κ3) is 12.3. The highest BCUT2D eigenvalue weighted by atomic mass is 79.9. The number of aliphatic carboxylic acids is 4. The van der Waals surface area contributed by atoms with Gasteiger partial charge in [0, 0.05) is 27.1 Å². The highest BCUT2D eigenvalue weighted by Crippen LogP contribution is 2.42. The number of benzene rings is 3.